The highest BCUT2D eigenvalue weighted by Crippen LogP contribution is 2.11. The summed E-state index contributed by atoms with van der Waals surface area (Å²) in [6.45, 7) is -0.263. The average Bonchev–Trinajstić information content (AvgIpc) is 1.35. The van der Waals surface area contributed by atoms with E-state index >= 15 is 0 Å². The first-order valence-corrected chi connectivity index (χ1v) is 3.44. The molecule has 0 aromatic rings. The minimum atomic E-state index is -0.263. The third-order valence-electron chi connectivity index (χ3n) is 0.327. The fourth-order valence-electron chi connectivity index (χ4n) is 0.0825. The van der Waals surface area contributed by atoms with Crippen LogP contribution in [0.1, 0.15) is 6.42 Å². The normalized spacial score (nSPS) is 10.0. The van der Waals surface area contributed by atoms with Crippen molar-refractivity contribution < 1.29 is 4.39 Å². The minimum absolute atomic E-state index is 0.148. The van der Waals surface area contributed by atoms with E-state index in [1.54, 1.807) is 0 Å². The zero-order chi connectivity index (χ0) is 4.99. The second-order valence-corrected chi connectivity index (χ2v) is 4.31. The molecule has 0 N–H and O–H groups in total. The Morgan fingerprint density at radius 2 is 2.00 bits per heavy atom. The summed E-state index contributed by atoms with van der Waals surface area (Å²) >= 11 is 6.22. The minimum Gasteiger partial charge on any atom is -0.251 e. The fourth-order valence-corrected chi connectivity index (χ4v) is 0.429. The standard InChI is InChI=1S/C3H5Br2F/c4-3(5)1-2-6/h3H,1-2H2. The van der Waals surface area contributed by atoms with Crippen LogP contribution in [0.5, 0.6) is 0 Å². The summed E-state index contributed by atoms with van der Waals surface area (Å²) in [6, 6.07) is 0. The Bertz CT molecular complexity index is 30.0. The molecule has 0 heterocycles. The number of hydrogen-bond donors (Lipinski definition) is 0. The number of rotatable bonds is 2. The molecular weight excluding hydrogens is 215 g/mol. The van der Waals surface area contributed by atoms with E-state index in [4.69, 9.17) is 0 Å². The van der Waals surface area contributed by atoms with E-state index in [1.165, 1.54) is 0 Å². The molecule has 0 saturated carbocycles. The van der Waals surface area contributed by atoms with Crippen molar-refractivity contribution >= 4 is 31.9 Å². The molecule has 0 aliphatic heterocycles. The highest BCUT2D eigenvalue weighted by atomic mass is 79.9. The lowest BCUT2D eigenvalue weighted by Gasteiger charge is -1.89. The van der Waals surface area contributed by atoms with E-state index in [0.717, 1.165) is 0 Å². The molecule has 6 heavy (non-hydrogen) atoms. The van der Waals surface area contributed by atoms with Crippen molar-refractivity contribution in [2.45, 2.75) is 10.2 Å². The maximum absolute atomic E-state index is 11.2. The molecule has 0 unspecified atom stereocenters. The van der Waals surface area contributed by atoms with Crippen LogP contribution in [0.4, 0.5) is 4.39 Å². The van der Waals surface area contributed by atoms with Crippen molar-refractivity contribution in [3.05, 3.63) is 0 Å². The monoisotopic (exact) mass is 218 g/mol. The summed E-state index contributed by atoms with van der Waals surface area (Å²) in [5.74, 6) is 0. The molecule has 0 atom stereocenters. The van der Waals surface area contributed by atoms with Gasteiger partial charge in [-0.3, -0.25) is 4.39 Å². The maximum atomic E-state index is 11.2. The Balaban J connectivity index is 2.63. The van der Waals surface area contributed by atoms with Gasteiger partial charge in [-0.15, -0.1) is 0 Å². The summed E-state index contributed by atoms with van der Waals surface area (Å²) in [4.78, 5) is 0. The molecular formula is C3H5Br2F. The molecule has 0 amide bonds. The molecule has 0 fully saturated rings. The quantitative estimate of drug-likeness (QED) is 0.627. The highest BCUT2D eigenvalue weighted by molar-refractivity contribution is 9.24. The van der Waals surface area contributed by atoms with Crippen LogP contribution < -0.4 is 0 Å². The largest absolute Gasteiger partial charge is 0.251 e. The molecule has 0 aliphatic carbocycles. The number of halogens is 3. The zero-order valence-corrected chi connectivity index (χ0v) is 6.30. The van der Waals surface area contributed by atoms with Crippen LogP contribution in [0.3, 0.4) is 0 Å². The van der Waals surface area contributed by atoms with Crippen LogP contribution in [-0.4, -0.2) is 10.4 Å². The van der Waals surface area contributed by atoms with Crippen LogP contribution >= 0.6 is 31.9 Å². The average molecular weight is 220 g/mol. The van der Waals surface area contributed by atoms with Gasteiger partial charge in [-0.05, 0) is 6.42 Å². The van der Waals surface area contributed by atoms with E-state index in [9.17, 15) is 4.39 Å². The molecule has 0 aliphatic rings. The van der Waals surface area contributed by atoms with Gasteiger partial charge in [0.05, 0.1) is 10.4 Å². The molecule has 0 aromatic carbocycles. The molecule has 0 nitrogen and oxygen atoms in total. The van der Waals surface area contributed by atoms with Crippen molar-refractivity contribution in [2.75, 3.05) is 6.67 Å². The van der Waals surface area contributed by atoms with Crippen LogP contribution in [0.15, 0.2) is 0 Å². The van der Waals surface area contributed by atoms with Crippen LogP contribution in [-0.2, 0) is 0 Å². The van der Waals surface area contributed by atoms with E-state index in [2.05, 4.69) is 31.9 Å². The van der Waals surface area contributed by atoms with Gasteiger partial charge in [0, 0.05) is 0 Å². The zero-order valence-electron chi connectivity index (χ0n) is 3.13. The Morgan fingerprint density at radius 1 is 1.50 bits per heavy atom. The SMILES string of the molecule is FCCC(Br)Br. The van der Waals surface area contributed by atoms with E-state index in [-0.39, 0.29) is 10.4 Å². The van der Waals surface area contributed by atoms with Gasteiger partial charge in [0.15, 0.2) is 0 Å². The Hall–Kier alpha value is 0.890. The number of alkyl halides is 3. The molecule has 0 aromatic heterocycles. The van der Waals surface area contributed by atoms with Gasteiger partial charge in [0.25, 0.3) is 0 Å². The second-order valence-electron chi connectivity index (χ2n) is 0.869. The van der Waals surface area contributed by atoms with Gasteiger partial charge < -0.3 is 0 Å². The Morgan fingerprint density at radius 3 is 2.00 bits per heavy atom. The predicted molar refractivity (Wildman–Crippen MR) is 32.2 cm³/mol. The molecule has 3 heteroatoms. The third kappa shape index (κ3) is 4.89. The topological polar surface area (TPSA) is 0 Å². The molecule has 0 rings (SSSR count). The first-order valence-electron chi connectivity index (χ1n) is 1.61. The van der Waals surface area contributed by atoms with Crippen molar-refractivity contribution in [1.82, 2.24) is 0 Å². The van der Waals surface area contributed by atoms with Gasteiger partial charge in [-0.25, -0.2) is 0 Å². The maximum Gasteiger partial charge on any atom is 0.0913 e. The molecule has 38 valence electrons. The van der Waals surface area contributed by atoms with Crippen molar-refractivity contribution in [3.63, 3.8) is 0 Å². The van der Waals surface area contributed by atoms with Crippen LogP contribution in [0.25, 0.3) is 0 Å². The summed E-state index contributed by atoms with van der Waals surface area (Å²) in [5.41, 5.74) is 0. The van der Waals surface area contributed by atoms with Crippen molar-refractivity contribution in [1.29, 1.82) is 0 Å². The van der Waals surface area contributed by atoms with Gasteiger partial charge in [-0.1, -0.05) is 31.9 Å². The van der Waals surface area contributed by atoms with Crippen molar-refractivity contribution in [3.8, 4) is 0 Å². The Kier molecular flexibility index (Phi) is 4.66. The molecule has 0 spiro atoms. The van der Waals surface area contributed by atoms with Crippen LogP contribution in [0, 0.1) is 0 Å². The Labute approximate surface area is 53.4 Å². The van der Waals surface area contributed by atoms with Gasteiger partial charge in [0.1, 0.15) is 0 Å². The summed E-state index contributed by atoms with van der Waals surface area (Å²) < 4.78 is 11.3. The molecule has 0 saturated heterocycles. The predicted octanol–water partition coefficient (Wildman–Crippen LogP) is 2.46. The van der Waals surface area contributed by atoms with E-state index in [0.29, 0.717) is 6.42 Å². The first kappa shape index (κ1) is 6.89. The smallest absolute Gasteiger partial charge is 0.0913 e. The third-order valence-corrected chi connectivity index (χ3v) is 1.24. The van der Waals surface area contributed by atoms with Gasteiger partial charge >= 0.3 is 0 Å². The lowest BCUT2D eigenvalue weighted by molar-refractivity contribution is 0.487. The van der Waals surface area contributed by atoms with E-state index < -0.39 is 0 Å². The molecule has 0 radical (unpaired) electrons. The van der Waals surface area contributed by atoms with Gasteiger partial charge in [-0.2, -0.15) is 0 Å². The lowest BCUT2D eigenvalue weighted by atomic mass is 10.6. The number of hydrogen-bond acceptors (Lipinski definition) is 0. The van der Waals surface area contributed by atoms with E-state index in [1.807, 2.05) is 0 Å². The summed E-state index contributed by atoms with van der Waals surface area (Å²) in [6.07, 6.45) is 0.542. The highest BCUT2D eigenvalue weighted by Gasteiger charge is 1.92. The van der Waals surface area contributed by atoms with Crippen LogP contribution in [0.2, 0.25) is 0 Å². The first-order chi connectivity index (χ1) is 2.77. The summed E-state index contributed by atoms with van der Waals surface area (Å²) in [7, 11) is 0. The summed E-state index contributed by atoms with van der Waals surface area (Å²) in [5, 5.41) is 0. The van der Waals surface area contributed by atoms with Crippen molar-refractivity contribution in [2.24, 2.45) is 0 Å². The fraction of sp³-hybridized carbons (Fsp3) is 1.00. The lowest BCUT2D eigenvalue weighted by Crippen LogP contribution is -1.83. The molecule has 0 bridgehead atoms. The second kappa shape index (κ2) is 4.06. The van der Waals surface area contributed by atoms with Gasteiger partial charge in [0.2, 0.25) is 0 Å².